The topological polar surface area (TPSA) is 78.9 Å². The van der Waals surface area contributed by atoms with Gasteiger partial charge in [0, 0.05) is 19.3 Å². The molecular formula is C58H112O6. The van der Waals surface area contributed by atoms with Gasteiger partial charge in [-0.1, -0.05) is 279 Å². The van der Waals surface area contributed by atoms with Gasteiger partial charge in [-0.05, 0) is 37.0 Å². The fourth-order valence-corrected chi connectivity index (χ4v) is 8.73. The van der Waals surface area contributed by atoms with Crippen molar-refractivity contribution in [2.24, 2.45) is 17.8 Å². The minimum atomic E-state index is -0.764. The minimum Gasteiger partial charge on any atom is -0.462 e. The summed E-state index contributed by atoms with van der Waals surface area (Å²) in [4.78, 5) is 38.0. The van der Waals surface area contributed by atoms with Crippen molar-refractivity contribution in [3.8, 4) is 0 Å². The van der Waals surface area contributed by atoms with Crippen molar-refractivity contribution in [3.05, 3.63) is 0 Å². The van der Waals surface area contributed by atoms with Crippen molar-refractivity contribution < 1.29 is 28.6 Å². The van der Waals surface area contributed by atoms with Crippen molar-refractivity contribution in [1.29, 1.82) is 0 Å². The van der Waals surface area contributed by atoms with E-state index in [1.807, 2.05) is 0 Å². The number of rotatable bonds is 51. The van der Waals surface area contributed by atoms with Crippen LogP contribution in [-0.2, 0) is 28.6 Å². The van der Waals surface area contributed by atoms with Crippen molar-refractivity contribution in [3.63, 3.8) is 0 Å². The maximum Gasteiger partial charge on any atom is 0.306 e. The predicted molar refractivity (Wildman–Crippen MR) is 275 cm³/mol. The molecule has 0 rings (SSSR count). The van der Waals surface area contributed by atoms with Crippen LogP contribution in [0.5, 0.6) is 0 Å². The number of esters is 3. The first-order chi connectivity index (χ1) is 31.2. The molecule has 64 heavy (non-hydrogen) atoms. The highest BCUT2D eigenvalue weighted by Crippen LogP contribution is 2.19. The minimum absolute atomic E-state index is 0.0648. The van der Waals surface area contributed by atoms with Crippen molar-refractivity contribution in [2.75, 3.05) is 13.2 Å². The average molecular weight is 906 g/mol. The second-order valence-corrected chi connectivity index (χ2v) is 20.7. The third-order valence-electron chi connectivity index (χ3n) is 14.2. The van der Waals surface area contributed by atoms with Crippen LogP contribution in [0.1, 0.15) is 318 Å². The molecular weight excluding hydrogens is 793 g/mol. The molecule has 380 valence electrons. The highest BCUT2D eigenvalue weighted by Gasteiger charge is 2.19. The third-order valence-corrected chi connectivity index (χ3v) is 14.2. The molecule has 0 amide bonds. The lowest BCUT2D eigenvalue weighted by Gasteiger charge is -2.18. The van der Waals surface area contributed by atoms with Crippen LogP contribution >= 0.6 is 0 Å². The van der Waals surface area contributed by atoms with Crippen LogP contribution in [0.3, 0.4) is 0 Å². The van der Waals surface area contributed by atoms with Gasteiger partial charge in [-0.3, -0.25) is 14.4 Å². The van der Waals surface area contributed by atoms with Gasteiger partial charge in [-0.15, -0.1) is 0 Å². The van der Waals surface area contributed by atoms with E-state index in [4.69, 9.17) is 14.2 Å². The van der Waals surface area contributed by atoms with Crippen LogP contribution < -0.4 is 0 Å². The van der Waals surface area contributed by atoms with Crippen LogP contribution in [0.4, 0.5) is 0 Å². The fraction of sp³-hybridized carbons (Fsp3) is 0.948. The van der Waals surface area contributed by atoms with Gasteiger partial charge in [-0.2, -0.15) is 0 Å². The molecule has 0 aliphatic carbocycles. The number of ether oxygens (including phenoxy) is 3. The lowest BCUT2D eigenvalue weighted by atomic mass is 9.99. The Hall–Kier alpha value is -1.59. The molecule has 0 heterocycles. The molecule has 0 aromatic rings. The zero-order chi connectivity index (χ0) is 47.0. The highest BCUT2D eigenvalue weighted by molar-refractivity contribution is 5.71. The lowest BCUT2D eigenvalue weighted by Crippen LogP contribution is -2.30. The Balaban J connectivity index is 4.19. The van der Waals surface area contributed by atoms with Crippen LogP contribution in [0.2, 0.25) is 0 Å². The molecule has 0 radical (unpaired) electrons. The number of hydrogen-bond acceptors (Lipinski definition) is 6. The van der Waals surface area contributed by atoms with Gasteiger partial charge >= 0.3 is 17.9 Å². The van der Waals surface area contributed by atoms with E-state index in [2.05, 4.69) is 41.5 Å². The third kappa shape index (κ3) is 46.9. The van der Waals surface area contributed by atoms with E-state index in [0.717, 1.165) is 75.5 Å². The maximum absolute atomic E-state index is 12.8. The van der Waals surface area contributed by atoms with Crippen molar-refractivity contribution in [1.82, 2.24) is 0 Å². The van der Waals surface area contributed by atoms with Gasteiger partial charge in [0.05, 0.1) is 0 Å². The molecule has 0 aromatic heterocycles. The molecule has 0 bridgehead atoms. The summed E-state index contributed by atoms with van der Waals surface area (Å²) < 4.78 is 16.8. The number of carbonyl (C=O) groups excluding carboxylic acids is 3. The Kier molecular flexibility index (Phi) is 48.1. The molecule has 6 heteroatoms. The molecule has 0 N–H and O–H groups in total. The molecule has 6 nitrogen and oxygen atoms in total. The van der Waals surface area contributed by atoms with E-state index in [1.54, 1.807) is 0 Å². The molecule has 0 fully saturated rings. The summed E-state index contributed by atoms with van der Waals surface area (Å²) in [7, 11) is 0. The fourth-order valence-electron chi connectivity index (χ4n) is 8.73. The normalized spacial score (nSPS) is 13.4. The predicted octanol–water partition coefficient (Wildman–Crippen LogP) is 18.7. The second-order valence-electron chi connectivity index (χ2n) is 20.7. The van der Waals surface area contributed by atoms with Gasteiger partial charge in [0.2, 0.25) is 0 Å². The summed E-state index contributed by atoms with van der Waals surface area (Å²) in [5, 5.41) is 0. The summed E-state index contributed by atoms with van der Waals surface area (Å²) in [5.41, 5.74) is 0. The van der Waals surface area contributed by atoms with Crippen molar-refractivity contribution >= 4 is 17.9 Å². The smallest absolute Gasteiger partial charge is 0.306 e. The van der Waals surface area contributed by atoms with E-state index in [9.17, 15) is 14.4 Å². The van der Waals surface area contributed by atoms with E-state index in [0.29, 0.717) is 19.3 Å². The van der Waals surface area contributed by atoms with E-state index in [1.165, 1.54) is 199 Å². The summed E-state index contributed by atoms with van der Waals surface area (Å²) in [6, 6.07) is 0. The van der Waals surface area contributed by atoms with Crippen LogP contribution in [0.25, 0.3) is 0 Å². The molecule has 3 unspecified atom stereocenters. The number of carbonyl (C=O) groups is 3. The summed E-state index contributed by atoms with van der Waals surface area (Å²) in [5.74, 6) is 1.74. The molecule has 0 aromatic carbocycles. The van der Waals surface area contributed by atoms with Crippen LogP contribution in [0, 0.1) is 17.8 Å². The zero-order valence-corrected chi connectivity index (χ0v) is 44.1. The first-order valence-electron chi connectivity index (χ1n) is 28.7. The molecule has 4 atom stereocenters. The maximum atomic E-state index is 12.8. The summed E-state index contributed by atoms with van der Waals surface area (Å²) >= 11 is 0. The second kappa shape index (κ2) is 49.3. The molecule has 0 spiro atoms. The average Bonchev–Trinajstić information content (AvgIpc) is 3.29. The van der Waals surface area contributed by atoms with Gasteiger partial charge in [0.1, 0.15) is 13.2 Å². The number of hydrogen-bond donors (Lipinski definition) is 0. The molecule has 0 saturated carbocycles. The quantitative estimate of drug-likeness (QED) is 0.0344. The monoisotopic (exact) mass is 905 g/mol. The summed E-state index contributed by atoms with van der Waals surface area (Å²) in [6.45, 7) is 13.8. The van der Waals surface area contributed by atoms with Gasteiger partial charge < -0.3 is 14.2 Å². The Morgan fingerprint density at radius 3 is 0.734 bits per heavy atom. The highest BCUT2D eigenvalue weighted by atomic mass is 16.6. The Bertz CT molecular complexity index is 997. The summed E-state index contributed by atoms with van der Waals surface area (Å²) in [6.07, 6.45) is 50.9. The van der Waals surface area contributed by atoms with Crippen LogP contribution in [0.15, 0.2) is 0 Å². The van der Waals surface area contributed by atoms with E-state index < -0.39 is 6.10 Å². The standard InChI is InChI=1S/C58H112O6/c1-7-52(4)44-38-32-26-22-18-16-14-12-10-11-13-15-17-19-24-28-35-41-47-56(59)62-50-55(64-58(61)49-43-37-31-30-34-40-46-54(6)9-3)51-63-57(60)48-42-36-29-25-21-20-23-27-33-39-45-53(5)8-2/h52-55H,7-51H2,1-6H3/t52?,53?,54?,55-/m0/s1. The van der Waals surface area contributed by atoms with E-state index >= 15 is 0 Å². The Labute approximate surface area is 399 Å². The molecule has 0 aliphatic heterocycles. The molecule has 0 saturated heterocycles. The molecule has 0 aliphatic rings. The van der Waals surface area contributed by atoms with Crippen LogP contribution in [-0.4, -0.2) is 37.2 Å². The van der Waals surface area contributed by atoms with Crippen molar-refractivity contribution in [2.45, 2.75) is 324 Å². The SMILES string of the molecule is CCC(C)CCCCCCCCCCCCCCCCCCCCC(=O)OC[C@@H](COC(=O)CCCCCCCCCCCCC(C)CC)OC(=O)CCCCCCCCC(C)CC. The lowest BCUT2D eigenvalue weighted by molar-refractivity contribution is -0.167. The zero-order valence-electron chi connectivity index (χ0n) is 44.1. The number of unbranched alkanes of at least 4 members (excludes halogenated alkanes) is 31. The first kappa shape index (κ1) is 62.4. The Morgan fingerprint density at radius 2 is 0.500 bits per heavy atom. The largest absolute Gasteiger partial charge is 0.462 e. The van der Waals surface area contributed by atoms with Gasteiger partial charge in [0.25, 0.3) is 0 Å². The van der Waals surface area contributed by atoms with E-state index in [-0.39, 0.29) is 31.1 Å². The van der Waals surface area contributed by atoms with Gasteiger partial charge in [-0.25, -0.2) is 0 Å². The first-order valence-corrected chi connectivity index (χ1v) is 28.7. The van der Waals surface area contributed by atoms with Gasteiger partial charge in [0.15, 0.2) is 6.10 Å². The Morgan fingerprint density at radius 1 is 0.297 bits per heavy atom.